The average Bonchev–Trinajstić information content (AvgIpc) is 3.44. The topological polar surface area (TPSA) is 30.5 Å². The van der Waals surface area contributed by atoms with Crippen molar-refractivity contribution >= 4 is 54.2 Å². The first-order chi connectivity index (χ1) is 14.9. The molecule has 2 saturated heterocycles. The van der Waals surface area contributed by atoms with Gasteiger partial charge in [0.2, 0.25) is 0 Å². The highest BCUT2D eigenvalue weighted by molar-refractivity contribution is 7.28. The first kappa shape index (κ1) is 18.6. The number of nitrogens with one attached hydrogen (secondary N) is 2. The van der Waals surface area contributed by atoms with Crippen LogP contribution in [-0.4, -0.2) is 52.4 Å². The van der Waals surface area contributed by atoms with E-state index in [1.54, 1.807) is 0 Å². The number of benzene rings is 2. The number of nitrogens with zero attached hydrogens (tertiary/aromatic N) is 2. The molecular weight excluding hydrogens is 408 g/mol. The van der Waals surface area contributed by atoms with Crippen LogP contribution in [0.15, 0.2) is 48.5 Å². The minimum Gasteiger partial charge on any atom is -0.368 e. The third-order valence-corrected chi connectivity index (χ3v) is 8.63. The quantitative estimate of drug-likeness (QED) is 0.493. The molecule has 0 saturated carbocycles. The van der Waals surface area contributed by atoms with Gasteiger partial charge >= 0.3 is 0 Å². The van der Waals surface area contributed by atoms with Gasteiger partial charge in [-0.05, 0) is 36.4 Å². The molecule has 2 aromatic carbocycles. The van der Waals surface area contributed by atoms with Crippen LogP contribution in [0, 0.1) is 0 Å². The lowest BCUT2D eigenvalue weighted by atomic mass is 10.1. The van der Waals surface area contributed by atoms with Crippen LogP contribution >= 0.6 is 22.7 Å². The Kier molecular flexibility index (Phi) is 4.88. The van der Waals surface area contributed by atoms with Crippen molar-refractivity contribution in [2.45, 2.75) is 0 Å². The van der Waals surface area contributed by atoms with E-state index < -0.39 is 0 Å². The zero-order valence-corrected chi connectivity index (χ0v) is 18.6. The van der Waals surface area contributed by atoms with Crippen molar-refractivity contribution in [3.63, 3.8) is 0 Å². The maximum Gasteiger partial charge on any atom is 0.0456 e. The van der Waals surface area contributed by atoms with Gasteiger partial charge in [-0.1, -0.05) is 12.1 Å². The van der Waals surface area contributed by atoms with Crippen molar-refractivity contribution in [3.8, 4) is 9.75 Å². The van der Waals surface area contributed by atoms with Gasteiger partial charge in [-0.15, -0.1) is 22.7 Å². The fraction of sp³-hybridized carbons (Fsp3) is 0.333. The molecule has 4 aromatic rings. The zero-order chi connectivity index (χ0) is 19.9. The first-order valence-electron chi connectivity index (χ1n) is 10.8. The Morgan fingerprint density at radius 1 is 0.600 bits per heavy atom. The summed E-state index contributed by atoms with van der Waals surface area (Å²) in [4.78, 5) is 7.84. The van der Waals surface area contributed by atoms with E-state index in [0.717, 1.165) is 52.4 Å². The summed E-state index contributed by atoms with van der Waals surface area (Å²) < 4.78 is 2.78. The van der Waals surface area contributed by atoms with E-state index in [-0.39, 0.29) is 0 Å². The minimum absolute atomic E-state index is 1.07. The molecule has 0 bridgehead atoms. The maximum atomic E-state index is 3.47. The Labute approximate surface area is 185 Å². The summed E-state index contributed by atoms with van der Waals surface area (Å²) in [6, 6.07) is 18.4. The van der Waals surface area contributed by atoms with Gasteiger partial charge in [0.15, 0.2) is 0 Å². The summed E-state index contributed by atoms with van der Waals surface area (Å²) in [5.41, 5.74) is 2.78. The van der Waals surface area contributed by atoms with E-state index in [4.69, 9.17) is 0 Å². The third kappa shape index (κ3) is 3.28. The van der Waals surface area contributed by atoms with E-state index in [1.165, 1.54) is 41.3 Å². The molecule has 2 fully saturated rings. The van der Waals surface area contributed by atoms with E-state index in [1.807, 2.05) is 22.7 Å². The highest BCUT2D eigenvalue weighted by atomic mass is 32.1. The van der Waals surface area contributed by atoms with E-state index in [9.17, 15) is 0 Å². The van der Waals surface area contributed by atoms with E-state index in [0.29, 0.717) is 0 Å². The van der Waals surface area contributed by atoms with Crippen LogP contribution in [0.1, 0.15) is 0 Å². The molecule has 2 aliphatic rings. The molecule has 154 valence electrons. The van der Waals surface area contributed by atoms with Gasteiger partial charge in [-0.25, -0.2) is 0 Å². The molecule has 4 heterocycles. The summed E-state index contributed by atoms with van der Waals surface area (Å²) in [5.74, 6) is 0. The molecular formula is C24H26N4S2. The molecule has 0 spiro atoms. The molecule has 30 heavy (non-hydrogen) atoms. The SMILES string of the molecule is c1cc(N2CCNCC2)c2cc(-c3cc4c(N5CCNCC5)cccc4s3)sc2c1. The lowest BCUT2D eigenvalue weighted by Crippen LogP contribution is -2.43. The molecule has 0 amide bonds. The van der Waals surface area contributed by atoms with Crippen molar-refractivity contribution < 1.29 is 0 Å². The molecule has 0 radical (unpaired) electrons. The lowest BCUT2D eigenvalue weighted by Gasteiger charge is -2.30. The van der Waals surface area contributed by atoms with E-state index in [2.05, 4.69) is 69.0 Å². The summed E-state index contributed by atoms with van der Waals surface area (Å²) in [6.07, 6.45) is 0. The molecule has 0 atom stereocenters. The van der Waals surface area contributed by atoms with Crippen molar-refractivity contribution in [1.82, 2.24) is 10.6 Å². The standard InChI is InChI=1S/C24H26N4S2/c1-3-19(27-11-7-25-8-12-27)17-15-23(29-21(17)5-1)24-16-18-20(4-2-6-22(18)30-24)28-13-9-26-10-14-28/h1-6,15-16,25-26H,7-14H2. The summed E-state index contributed by atoms with van der Waals surface area (Å²) in [7, 11) is 0. The van der Waals surface area contributed by atoms with Gasteiger partial charge in [0.1, 0.15) is 0 Å². The van der Waals surface area contributed by atoms with E-state index >= 15 is 0 Å². The van der Waals surface area contributed by atoms with Crippen molar-refractivity contribution in [3.05, 3.63) is 48.5 Å². The number of fused-ring (bicyclic) bond motifs is 2. The monoisotopic (exact) mass is 434 g/mol. The van der Waals surface area contributed by atoms with Crippen LogP contribution in [0.25, 0.3) is 29.9 Å². The fourth-order valence-electron chi connectivity index (χ4n) is 4.70. The smallest absolute Gasteiger partial charge is 0.0456 e. The molecule has 2 aliphatic heterocycles. The van der Waals surface area contributed by atoms with Gasteiger partial charge in [-0.2, -0.15) is 0 Å². The highest BCUT2D eigenvalue weighted by Crippen LogP contribution is 2.44. The van der Waals surface area contributed by atoms with Crippen LogP contribution in [0.3, 0.4) is 0 Å². The fourth-order valence-corrected chi connectivity index (χ4v) is 6.93. The van der Waals surface area contributed by atoms with Crippen LogP contribution in [0.5, 0.6) is 0 Å². The predicted molar refractivity (Wildman–Crippen MR) is 133 cm³/mol. The molecule has 0 aliphatic carbocycles. The second kappa shape index (κ2) is 7.85. The Morgan fingerprint density at radius 2 is 1.03 bits per heavy atom. The van der Waals surface area contributed by atoms with Crippen LogP contribution in [-0.2, 0) is 0 Å². The Morgan fingerprint density at radius 3 is 1.47 bits per heavy atom. The number of rotatable bonds is 3. The highest BCUT2D eigenvalue weighted by Gasteiger charge is 2.18. The minimum atomic E-state index is 1.07. The average molecular weight is 435 g/mol. The van der Waals surface area contributed by atoms with Crippen molar-refractivity contribution in [2.75, 3.05) is 62.2 Å². The van der Waals surface area contributed by atoms with Crippen molar-refractivity contribution in [1.29, 1.82) is 0 Å². The van der Waals surface area contributed by atoms with Gasteiger partial charge in [0.05, 0.1) is 0 Å². The molecule has 2 N–H and O–H groups in total. The lowest BCUT2D eigenvalue weighted by molar-refractivity contribution is 0.590. The first-order valence-corrected chi connectivity index (χ1v) is 12.5. The summed E-state index contributed by atoms with van der Waals surface area (Å²) in [5, 5.41) is 9.73. The van der Waals surface area contributed by atoms with Crippen LogP contribution < -0.4 is 20.4 Å². The molecule has 2 aromatic heterocycles. The molecule has 6 heteroatoms. The molecule has 0 unspecified atom stereocenters. The van der Waals surface area contributed by atoms with Gasteiger partial charge < -0.3 is 20.4 Å². The maximum absolute atomic E-state index is 3.47. The largest absolute Gasteiger partial charge is 0.368 e. The van der Waals surface area contributed by atoms with Gasteiger partial charge in [0, 0.05) is 93.7 Å². The third-order valence-electron chi connectivity index (χ3n) is 6.24. The second-order valence-electron chi connectivity index (χ2n) is 8.07. The Bertz CT molecular complexity index is 1090. The van der Waals surface area contributed by atoms with Gasteiger partial charge in [-0.3, -0.25) is 0 Å². The van der Waals surface area contributed by atoms with Crippen LogP contribution in [0.2, 0.25) is 0 Å². The van der Waals surface area contributed by atoms with Crippen molar-refractivity contribution in [2.24, 2.45) is 0 Å². The molecule has 6 rings (SSSR count). The molecule has 4 nitrogen and oxygen atoms in total. The Balaban J connectivity index is 1.41. The number of hydrogen-bond acceptors (Lipinski definition) is 6. The Hall–Kier alpha value is -2.12. The number of thiophene rings is 2. The van der Waals surface area contributed by atoms with Gasteiger partial charge in [0.25, 0.3) is 0 Å². The predicted octanol–water partition coefficient (Wildman–Crippen LogP) is 4.60. The zero-order valence-electron chi connectivity index (χ0n) is 17.0. The number of hydrogen-bond donors (Lipinski definition) is 2. The second-order valence-corrected chi connectivity index (χ2v) is 10.2. The summed E-state index contributed by atoms with van der Waals surface area (Å²) >= 11 is 3.86. The number of piperazine rings is 2. The normalized spacial score (nSPS) is 17.9. The summed E-state index contributed by atoms with van der Waals surface area (Å²) in [6.45, 7) is 8.61. The number of anilines is 2. The van der Waals surface area contributed by atoms with Crippen LogP contribution in [0.4, 0.5) is 11.4 Å².